The van der Waals surface area contributed by atoms with Gasteiger partial charge in [0.15, 0.2) is 11.6 Å². The molecular weight excluding hydrogens is 1600 g/mol. The number of rotatable bonds is 31. The molecule has 8 aromatic carbocycles. The zero-order valence-electron chi connectivity index (χ0n) is 76.4. The van der Waals surface area contributed by atoms with Crippen molar-refractivity contribution in [3.8, 4) is 23.0 Å². The van der Waals surface area contributed by atoms with Gasteiger partial charge in [-0.3, -0.25) is 24.0 Å². The number of carbonyl (C=O) groups excluding carboxylic acids is 7. The predicted octanol–water partition coefficient (Wildman–Crippen LogP) is 19.8. The van der Waals surface area contributed by atoms with Crippen LogP contribution >= 0.6 is 0 Å². The van der Waals surface area contributed by atoms with Crippen LogP contribution in [-0.2, 0) is 95.3 Å². The van der Waals surface area contributed by atoms with Crippen LogP contribution in [0.25, 0.3) is 0 Å². The van der Waals surface area contributed by atoms with E-state index in [0.717, 1.165) is 50.3 Å². The van der Waals surface area contributed by atoms with Crippen LogP contribution in [0.5, 0.6) is 23.0 Å². The number of hydrogen-bond acceptors (Lipinski definition) is 16. The highest BCUT2D eigenvalue weighted by Gasteiger charge is 2.36. The lowest BCUT2D eigenvalue weighted by molar-refractivity contribution is -0.158. The van der Waals surface area contributed by atoms with Crippen molar-refractivity contribution in [3.63, 3.8) is 0 Å². The van der Waals surface area contributed by atoms with Gasteiger partial charge in [-0.05, 0) is 239 Å². The first-order chi connectivity index (χ1) is 57.7. The Balaban J connectivity index is 0.000000412. The molecule has 0 aromatic heterocycles. The maximum absolute atomic E-state index is 13.3. The first kappa shape index (κ1) is 108. The van der Waals surface area contributed by atoms with Gasteiger partial charge in [-0.25, -0.2) is 31.9 Å². The molecular formula is C99H129BF4N5O16. The number of alkyl carbamates (subject to hydrolysis) is 2. The molecule has 0 aliphatic rings. The van der Waals surface area contributed by atoms with Crippen LogP contribution in [0.4, 0.5) is 27.2 Å². The summed E-state index contributed by atoms with van der Waals surface area (Å²) in [4.78, 5) is 96.2. The van der Waals surface area contributed by atoms with Crippen molar-refractivity contribution in [2.75, 3.05) is 0 Å². The normalized spacial score (nSPS) is 12.3. The Morgan fingerprint density at radius 3 is 0.936 bits per heavy atom. The highest BCUT2D eigenvalue weighted by Crippen LogP contribution is 2.28. The van der Waals surface area contributed by atoms with Crippen molar-refractivity contribution >= 4 is 55.9 Å². The molecule has 7 N–H and O–H groups in total. The van der Waals surface area contributed by atoms with Gasteiger partial charge < -0.3 is 65.3 Å². The number of Topliss-reactive ketones (excluding diaryl/α,β-unsaturated/α-hetero) is 2. The monoisotopic (exact) mass is 1730 g/mol. The molecule has 8 aromatic rings. The van der Waals surface area contributed by atoms with Crippen molar-refractivity contribution in [1.82, 2.24) is 21.3 Å². The molecule has 4 amide bonds. The third-order valence-corrected chi connectivity index (χ3v) is 18.0. The second-order valence-electron chi connectivity index (χ2n) is 36.5. The quantitative estimate of drug-likeness (QED) is 0.0102. The first-order valence-corrected chi connectivity index (χ1v) is 41.3. The van der Waals surface area contributed by atoms with Gasteiger partial charge in [0.05, 0.1) is 24.4 Å². The third-order valence-electron chi connectivity index (χ3n) is 18.0. The van der Waals surface area contributed by atoms with Gasteiger partial charge in [0, 0.05) is 41.3 Å². The lowest BCUT2D eigenvalue weighted by Crippen LogP contribution is -2.50. The van der Waals surface area contributed by atoms with Crippen LogP contribution in [0.1, 0.15) is 209 Å². The Morgan fingerprint density at radius 2 is 0.672 bits per heavy atom. The zero-order valence-corrected chi connectivity index (χ0v) is 76.4. The van der Waals surface area contributed by atoms with E-state index in [-0.39, 0.29) is 92.0 Å². The van der Waals surface area contributed by atoms with E-state index in [0.29, 0.717) is 69.2 Å². The lowest BCUT2D eigenvalue weighted by atomic mass is 9.82. The van der Waals surface area contributed by atoms with Crippen LogP contribution in [0, 0.1) is 51.3 Å². The van der Waals surface area contributed by atoms with Crippen LogP contribution in [-0.4, -0.2) is 96.0 Å². The number of nitrogens with two attached hydrogens (primary N) is 1. The van der Waals surface area contributed by atoms with E-state index < -0.39 is 69.8 Å². The zero-order chi connectivity index (χ0) is 92.9. The summed E-state index contributed by atoms with van der Waals surface area (Å²) in [7, 11) is 0. The molecule has 8 rings (SSSR count). The number of ether oxygens (including phenoxy) is 7. The highest BCUT2D eigenvalue weighted by atomic mass is 19.1. The molecule has 0 unspecified atom stereocenters. The fraction of sp³-hybridized carbons (Fsp3) is 0.434. The fourth-order valence-electron chi connectivity index (χ4n) is 11.7. The van der Waals surface area contributed by atoms with E-state index in [1.54, 1.807) is 132 Å². The maximum atomic E-state index is 13.3. The van der Waals surface area contributed by atoms with Gasteiger partial charge in [-0.1, -0.05) is 173 Å². The number of amides is 4. The number of aryl methyl sites for hydroxylation is 2. The Morgan fingerprint density at radius 1 is 0.384 bits per heavy atom. The summed E-state index contributed by atoms with van der Waals surface area (Å²) >= 11 is 0. The Bertz CT molecular complexity index is 4680. The van der Waals surface area contributed by atoms with Gasteiger partial charge in [-0.15, -0.1) is 0 Å². The number of benzene rings is 8. The van der Waals surface area contributed by atoms with Gasteiger partial charge in [0.2, 0.25) is 11.8 Å². The van der Waals surface area contributed by atoms with Crippen LogP contribution in [0.2, 0.25) is 0 Å². The van der Waals surface area contributed by atoms with Gasteiger partial charge in [0.1, 0.15) is 95.5 Å². The molecule has 0 aliphatic carbocycles. The number of carbonyl (C=O) groups is 8. The molecule has 0 fully saturated rings. The molecule has 4 atom stereocenters. The minimum atomic E-state index is -1.07. The van der Waals surface area contributed by atoms with Gasteiger partial charge in [-0.2, -0.15) is 0 Å². The van der Waals surface area contributed by atoms with Gasteiger partial charge in [0.25, 0.3) is 0 Å². The summed E-state index contributed by atoms with van der Waals surface area (Å²) < 4.78 is 90.8. The van der Waals surface area contributed by atoms with E-state index in [4.69, 9.17) is 44.0 Å². The topological polar surface area (TPSA) is 296 Å². The highest BCUT2D eigenvalue weighted by molar-refractivity contribution is 5.90. The van der Waals surface area contributed by atoms with Gasteiger partial charge >= 0.3 is 24.1 Å². The van der Waals surface area contributed by atoms with Crippen LogP contribution in [0.15, 0.2) is 194 Å². The fourth-order valence-corrected chi connectivity index (χ4v) is 11.7. The van der Waals surface area contributed by atoms with Crippen molar-refractivity contribution in [2.24, 2.45) is 33.8 Å². The number of aliphatic carboxylic acids is 1. The Hall–Kier alpha value is -11.5. The molecule has 0 heterocycles. The molecule has 0 aliphatic heterocycles. The average Bonchev–Trinajstić information content (AvgIpc) is 0.850. The lowest BCUT2D eigenvalue weighted by Gasteiger charge is -2.31. The Labute approximate surface area is 738 Å². The molecule has 677 valence electrons. The second kappa shape index (κ2) is 51.0. The average molecular weight is 1730 g/mol. The van der Waals surface area contributed by atoms with Crippen molar-refractivity contribution in [3.05, 3.63) is 262 Å². The number of esters is 1. The largest absolute Gasteiger partial charge is 0.489 e. The maximum Gasteiger partial charge on any atom is 0.408 e. The summed E-state index contributed by atoms with van der Waals surface area (Å²) in [6, 6.07) is 53.0. The number of carboxylic acid groups (broad SMARTS) is 1. The molecule has 3 radical (unpaired) electrons. The number of nitrogens with one attached hydrogen (secondary N) is 4. The summed E-state index contributed by atoms with van der Waals surface area (Å²) in [5.74, 6) is -0.638. The van der Waals surface area contributed by atoms with Crippen LogP contribution < -0.4 is 45.9 Å². The molecule has 0 saturated carbocycles. The standard InChI is InChI=1S/C26H34FNO4.C25H32FNO4.C23H28FNO3.C14H14FNO.C11H21NO4.B/c1-25(2,3)23(28-24(30)32-26(4,5)6)22(29)15-12-18-10-13-21(14-11-18)31-17-19-8-7-9-20(27)16-19;1-17(2)22(14-23(28)31-25(3,4)5)24(29)27-15-18-9-11-21(12-10-18)30-16-19-7-6-8-20(26)13-19;1-16(26)25-22(23(2,3)4)21(27)13-10-17-8-11-20(12-9-17)28-15-18-6-5-7-19(24)14-18;15-13-3-1-2-12(8-13)10-17-14-6-4-11(9-16)5-7-14;1-10(2,3)7(8(13)14)12-9(15)16-11(4,5)6;/h7-11,13-14,16,23H,12,15,17H2,1-6H3,(H,28,30);6-13,17,22H,14-16H2,1-5H3,(H,27,29);5-9,11-12,14,22H,10,13,15H2,1-4H3,(H,25,26);1-8H,9-10,16H2;7H,1-6H3,(H,12,15)(H,13,14);/t23-;2*22-;;7-;/m010.0./s1. The van der Waals surface area contributed by atoms with E-state index in [1.165, 1.54) is 55.5 Å². The molecule has 0 bridgehead atoms. The van der Waals surface area contributed by atoms with Crippen molar-refractivity contribution < 1.29 is 94.2 Å². The molecule has 125 heavy (non-hydrogen) atoms. The SMILES string of the molecule is CC(=O)N[C@@H](C(=O)CCc1ccc(OCc2cccc(F)c2)cc1)C(C)(C)C.CC(C)(C)OC(=O)N[C@@H](C(=O)CCc1ccc(OCc2cccc(F)c2)cc1)C(C)(C)C.CC(C)(C)OC(=O)N[C@@H](C(=O)O)C(C)(C)C.CC(C)[C@@H](CC(=O)OC(C)(C)C)C(=O)NCc1ccc(OCc2cccc(F)c2)cc1.NCc1ccc(OCc2cccc(F)c2)cc1.[B]. The minimum absolute atomic E-state index is 0. The van der Waals surface area contributed by atoms with E-state index in [2.05, 4.69) is 21.3 Å². The first-order valence-electron chi connectivity index (χ1n) is 41.3. The second-order valence-corrected chi connectivity index (χ2v) is 36.5. The molecule has 21 nitrogen and oxygen atoms in total. The molecule has 0 saturated heterocycles. The van der Waals surface area contributed by atoms with Crippen molar-refractivity contribution in [1.29, 1.82) is 0 Å². The van der Waals surface area contributed by atoms with Crippen molar-refractivity contribution in [2.45, 2.75) is 252 Å². The molecule has 0 spiro atoms. The summed E-state index contributed by atoms with van der Waals surface area (Å²) in [5.41, 5.74) is 9.37. The number of halogens is 4. The van der Waals surface area contributed by atoms with E-state index in [1.807, 2.05) is 152 Å². The number of ketones is 2. The predicted molar refractivity (Wildman–Crippen MR) is 480 cm³/mol. The van der Waals surface area contributed by atoms with E-state index >= 15 is 0 Å². The summed E-state index contributed by atoms with van der Waals surface area (Å²) in [6.45, 7) is 40.0. The molecule has 26 heteroatoms. The number of carboxylic acids is 1. The third kappa shape index (κ3) is 45.1. The summed E-state index contributed by atoms with van der Waals surface area (Å²) in [6.07, 6.45) is 0.529. The van der Waals surface area contributed by atoms with Crippen LogP contribution in [0.3, 0.4) is 0 Å². The minimum Gasteiger partial charge on any atom is -0.489 e. The number of hydrogen-bond donors (Lipinski definition) is 6. The smallest absolute Gasteiger partial charge is 0.408 e. The Kier molecular flexibility index (Phi) is 44.0. The summed E-state index contributed by atoms with van der Waals surface area (Å²) in [5, 5.41) is 19.7. The van der Waals surface area contributed by atoms with E-state index in [9.17, 15) is 55.9 Å².